The lowest BCUT2D eigenvalue weighted by molar-refractivity contribution is 0.198. The number of methoxy groups -OCH3 is 2. The molecule has 39 heavy (non-hydrogen) atoms. The molecule has 0 spiro atoms. The van der Waals surface area contributed by atoms with Gasteiger partial charge in [0, 0.05) is 38.3 Å². The molecular formula is C33H35FN3O2. The average molecular weight is 525 g/mol. The van der Waals surface area contributed by atoms with E-state index in [1.54, 1.807) is 14.2 Å². The van der Waals surface area contributed by atoms with Crippen LogP contribution in [-0.4, -0.2) is 43.7 Å². The lowest BCUT2D eigenvalue weighted by atomic mass is 9.88. The molecule has 0 bridgehead atoms. The van der Waals surface area contributed by atoms with Crippen LogP contribution < -0.4 is 14.8 Å². The van der Waals surface area contributed by atoms with Gasteiger partial charge < -0.3 is 14.8 Å². The highest BCUT2D eigenvalue weighted by molar-refractivity contribution is 5.51. The zero-order chi connectivity index (χ0) is 27.0. The first-order chi connectivity index (χ1) is 19.1. The van der Waals surface area contributed by atoms with Gasteiger partial charge in [0.15, 0.2) is 11.5 Å². The van der Waals surface area contributed by atoms with Crippen molar-refractivity contribution >= 4 is 5.82 Å². The molecule has 1 unspecified atom stereocenters. The van der Waals surface area contributed by atoms with Crippen molar-refractivity contribution in [1.29, 1.82) is 0 Å². The Bertz CT molecular complexity index is 1360. The minimum Gasteiger partial charge on any atom is -0.493 e. The summed E-state index contributed by atoms with van der Waals surface area (Å²) in [4.78, 5) is 7.10. The first-order valence-corrected chi connectivity index (χ1v) is 13.4. The number of fused-ring (bicyclic) bond motifs is 1. The number of nitrogens with one attached hydrogen (secondary N) is 1. The van der Waals surface area contributed by atoms with E-state index in [-0.39, 0.29) is 11.9 Å². The molecule has 5 rings (SSSR count). The number of aromatic nitrogens is 1. The molecule has 5 nitrogen and oxygen atoms in total. The summed E-state index contributed by atoms with van der Waals surface area (Å²) >= 11 is 0. The largest absolute Gasteiger partial charge is 0.493 e. The third-order valence-electron chi connectivity index (χ3n) is 7.39. The zero-order valence-corrected chi connectivity index (χ0v) is 22.6. The van der Waals surface area contributed by atoms with Crippen LogP contribution >= 0.6 is 0 Å². The lowest BCUT2D eigenvalue weighted by Crippen LogP contribution is -2.37. The molecule has 1 atom stereocenters. The van der Waals surface area contributed by atoms with E-state index in [4.69, 9.17) is 9.47 Å². The summed E-state index contributed by atoms with van der Waals surface area (Å²) in [5.41, 5.74) is 5.97. The van der Waals surface area contributed by atoms with Gasteiger partial charge in [0.1, 0.15) is 11.6 Å². The van der Waals surface area contributed by atoms with Gasteiger partial charge in [-0.3, -0.25) is 4.90 Å². The molecule has 1 aromatic heterocycles. The average Bonchev–Trinajstić information content (AvgIpc) is 2.98. The molecule has 1 aliphatic rings. The van der Waals surface area contributed by atoms with Gasteiger partial charge in [-0.1, -0.05) is 48.5 Å². The van der Waals surface area contributed by atoms with Crippen molar-refractivity contribution in [2.75, 3.05) is 39.2 Å². The molecule has 6 heteroatoms. The van der Waals surface area contributed by atoms with E-state index in [2.05, 4.69) is 64.1 Å². The van der Waals surface area contributed by atoms with Crippen LogP contribution in [0.2, 0.25) is 0 Å². The quantitative estimate of drug-likeness (QED) is 0.250. The third kappa shape index (κ3) is 6.58. The van der Waals surface area contributed by atoms with E-state index in [9.17, 15) is 4.39 Å². The van der Waals surface area contributed by atoms with Crippen LogP contribution in [0.4, 0.5) is 10.2 Å². The summed E-state index contributed by atoms with van der Waals surface area (Å²) in [6, 6.07) is 25.7. The summed E-state index contributed by atoms with van der Waals surface area (Å²) in [6.07, 6.45) is 6.70. The van der Waals surface area contributed by atoms with Gasteiger partial charge in [-0.2, -0.15) is 0 Å². The summed E-state index contributed by atoms with van der Waals surface area (Å²) in [6.45, 7) is 2.48. The molecule has 0 fully saturated rings. The van der Waals surface area contributed by atoms with Crippen molar-refractivity contribution in [3.05, 3.63) is 125 Å². The van der Waals surface area contributed by atoms with E-state index >= 15 is 0 Å². The molecule has 4 aromatic rings. The van der Waals surface area contributed by atoms with Crippen LogP contribution in [0.25, 0.3) is 0 Å². The minimum atomic E-state index is -0.219. The smallest absolute Gasteiger partial charge is 0.161 e. The number of rotatable bonds is 11. The molecule has 0 aliphatic carbocycles. The van der Waals surface area contributed by atoms with E-state index in [1.165, 1.54) is 28.8 Å². The number of anilines is 1. The molecule has 0 saturated carbocycles. The van der Waals surface area contributed by atoms with Gasteiger partial charge in [0.2, 0.25) is 0 Å². The highest BCUT2D eigenvalue weighted by atomic mass is 19.1. The maximum atomic E-state index is 13.6. The van der Waals surface area contributed by atoms with Gasteiger partial charge in [0.25, 0.3) is 0 Å². The second-order valence-corrected chi connectivity index (χ2v) is 9.81. The van der Waals surface area contributed by atoms with Crippen LogP contribution in [-0.2, 0) is 19.3 Å². The van der Waals surface area contributed by atoms with Crippen LogP contribution in [0.1, 0.15) is 33.9 Å². The van der Waals surface area contributed by atoms with Crippen LogP contribution in [0.3, 0.4) is 0 Å². The first-order valence-electron chi connectivity index (χ1n) is 13.4. The van der Waals surface area contributed by atoms with E-state index in [1.807, 2.05) is 30.5 Å². The monoisotopic (exact) mass is 524 g/mol. The topological polar surface area (TPSA) is 46.6 Å². The number of nitrogens with zero attached hydrogens (tertiary/aromatic N) is 2. The van der Waals surface area contributed by atoms with Crippen molar-refractivity contribution < 1.29 is 13.9 Å². The standard InChI is InChI=1S/C33H35FN3O2/c1-38-31-22-27-16-20-37(30(29(27)23-32(31)39-2)21-25-10-12-28(34)13-11-25)19-15-26-9-6-17-35-33(26)36-18-14-24-7-4-3-5-8-24/h3-13,15,17,22-23,30H,14,16,18-21H2,1-2H3,(H,35,36). The molecule has 3 aromatic carbocycles. The van der Waals surface area contributed by atoms with E-state index in [0.29, 0.717) is 0 Å². The third-order valence-corrected chi connectivity index (χ3v) is 7.39. The Labute approximate surface area is 230 Å². The Hall–Kier alpha value is -3.90. The second kappa shape index (κ2) is 12.8. The van der Waals surface area contributed by atoms with Gasteiger partial charge >= 0.3 is 0 Å². The maximum Gasteiger partial charge on any atom is 0.161 e. The van der Waals surface area contributed by atoms with Crippen molar-refractivity contribution in [2.45, 2.75) is 25.3 Å². The molecule has 1 N–H and O–H groups in total. The number of benzene rings is 3. The summed E-state index contributed by atoms with van der Waals surface area (Å²) in [5.74, 6) is 2.15. The fraction of sp³-hybridized carbons (Fsp3) is 0.273. The Morgan fingerprint density at radius 3 is 2.49 bits per heavy atom. The number of hydrogen-bond donors (Lipinski definition) is 1. The summed E-state index contributed by atoms with van der Waals surface area (Å²) in [5, 5.41) is 3.52. The van der Waals surface area contributed by atoms with Crippen molar-refractivity contribution in [3.8, 4) is 11.5 Å². The predicted octanol–water partition coefficient (Wildman–Crippen LogP) is 6.29. The number of pyridine rings is 1. The van der Waals surface area contributed by atoms with Gasteiger partial charge in [-0.25, -0.2) is 9.37 Å². The molecule has 1 aliphatic heterocycles. The number of halogens is 1. The minimum absolute atomic E-state index is 0.112. The maximum absolute atomic E-state index is 13.6. The van der Waals surface area contributed by atoms with Crippen molar-refractivity contribution in [1.82, 2.24) is 9.88 Å². The van der Waals surface area contributed by atoms with Crippen molar-refractivity contribution in [3.63, 3.8) is 0 Å². The lowest BCUT2D eigenvalue weighted by Gasteiger charge is -2.38. The molecule has 201 valence electrons. The fourth-order valence-electron chi connectivity index (χ4n) is 5.30. The first kappa shape index (κ1) is 26.7. The van der Waals surface area contributed by atoms with Crippen LogP contribution in [0.5, 0.6) is 11.5 Å². The highest BCUT2D eigenvalue weighted by Gasteiger charge is 2.29. The normalized spacial score (nSPS) is 15.0. The Balaban J connectivity index is 1.34. The van der Waals surface area contributed by atoms with Crippen molar-refractivity contribution in [2.24, 2.45) is 0 Å². The molecule has 1 radical (unpaired) electrons. The number of hydrogen-bond acceptors (Lipinski definition) is 5. The molecule has 0 saturated heterocycles. The Morgan fingerprint density at radius 2 is 1.72 bits per heavy atom. The summed E-state index contributed by atoms with van der Waals surface area (Å²) < 4.78 is 24.9. The zero-order valence-electron chi connectivity index (χ0n) is 22.6. The summed E-state index contributed by atoms with van der Waals surface area (Å²) in [7, 11) is 3.34. The molecule has 2 heterocycles. The van der Waals surface area contributed by atoms with Gasteiger partial charge in [-0.15, -0.1) is 0 Å². The Kier molecular flexibility index (Phi) is 8.74. The number of ether oxygens (including phenoxy) is 2. The fourth-order valence-corrected chi connectivity index (χ4v) is 5.30. The van der Waals surface area contributed by atoms with E-state index in [0.717, 1.165) is 67.3 Å². The predicted molar refractivity (Wildman–Crippen MR) is 154 cm³/mol. The van der Waals surface area contributed by atoms with Crippen LogP contribution in [0.15, 0.2) is 85.1 Å². The SMILES string of the molecule is COc1cc2c(cc1OC)C(Cc1ccc(F)cc1)N(C[CH]c1cccnc1NCCc1ccccc1)CC2. The Morgan fingerprint density at radius 1 is 0.949 bits per heavy atom. The van der Waals surface area contributed by atoms with E-state index < -0.39 is 0 Å². The molecular weight excluding hydrogens is 489 g/mol. The van der Waals surface area contributed by atoms with Crippen LogP contribution in [0, 0.1) is 12.2 Å². The van der Waals surface area contributed by atoms with Gasteiger partial charge in [-0.05, 0) is 77.4 Å². The highest BCUT2D eigenvalue weighted by Crippen LogP contribution is 2.39. The van der Waals surface area contributed by atoms with Gasteiger partial charge in [0.05, 0.1) is 14.2 Å². The second-order valence-electron chi connectivity index (χ2n) is 9.81. The molecule has 0 amide bonds.